The molecule has 7 nitrogen and oxygen atoms in total. The molecule has 1 saturated heterocycles. The molecular weight excluding hydrogens is 445 g/mol. The third-order valence-corrected chi connectivity index (χ3v) is 8.32. The zero-order chi connectivity index (χ0) is 21.3. The summed E-state index contributed by atoms with van der Waals surface area (Å²) in [5.41, 5.74) is -1.19. The van der Waals surface area contributed by atoms with Crippen LogP contribution < -0.4 is 5.32 Å². The van der Waals surface area contributed by atoms with E-state index in [4.69, 9.17) is 11.6 Å². The van der Waals surface area contributed by atoms with E-state index in [9.17, 15) is 34.8 Å². The molecular formula is C15H18ClF3N2O5S2. The molecule has 1 heterocycles. The smallest absolute Gasteiger partial charge is 0.351 e. The van der Waals surface area contributed by atoms with E-state index in [1.54, 1.807) is 0 Å². The summed E-state index contributed by atoms with van der Waals surface area (Å²) in [7, 11) is -7.74. The van der Waals surface area contributed by atoms with E-state index in [1.807, 2.05) is 0 Å². The van der Waals surface area contributed by atoms with Gasteiger partial charge < -0.3 is 5.32 Å². The maximum absolute atomic E-state index is 12.9. The van der Waals surface area contributed by atoms with E-state index in [0.717, 1.165) is 6.07 Å². The molecule has 1 unspecified atom stereocenters. The fraction of sp³-hybridized carbons (Fsp3) is 0.533. The summed E-state index contributed by atoms with van der Waals surface area (Å²) >= 11 is 5.80. The molecule has 13 heteroatoms. The molecule has 1 aliphatic rings. The number of sulfone groups is 1. The largest absolute Gasteiger partial charge is 0.416 e. The lowest BCUT2D eigenvalue weighted by molar-refractivity contribution is -0.137. The number of sulfonamides is 1. The van der Waals surface area contributed by atoms with Crippen LogP contribution in [0.25, 0.3) is 0 Å². The van der Waals surface area contributed by atoms with Gasteiger partial charge in [-0.1, -0.05) is 18.5 Å². The Balaban J connectivity index is 2.22. The standard InChI is InChI=1S/C15H18ClF3N2O5S2/c1-2-21(8-14(22)20-11-5-6-27(23,24)9-11)28(25,26)13-7-10(15(17,18)19)3-4-12(13)16/h3-4,7,11H,2,5-6,8-9H2,1H3,(H,20,22). The van der Waals surface area contributed by atoms with E-state index in [0.29, 0.717) is 16.4 Å². The van der Waals surface area contributed by atoms with Crippen LogP contribution in [0.15, 0.2) is 23.1 Å². The molecule has 1 aromatic carbocycles. The molecule has 1 atom stereocenters. The predicted molar refractivity (Wildman–Crippen MR) is 96.1 cm³/mol. The Bertz CT molecular complexity index is 964. The molecule has 0 aromatic heterocycles. The van der Waals surface area contributed by atoms with E-state index in [-0.39, 0.29) is 24.5 Å². The van der Waals surface area contributed by atoms with E-state index in [1.165, 1.54) is 6.92 Å². The first-order valence-corrected chi connectivity index (χ1v) is 11.8. The lowest BCUT2D eigenvalue weighted by Gasteiger charge is -2.22. The topological polar surface area (TPSA) is 101 Å². The molecule has 28 heavy (non-hydrogen) atoms. The SMILES string of the molecule is CCN(CC(=O)NC1CCS(=O)(=O)C1)S(=O)(=O)c1cc(C(F)(F)F)ccc1Cl. The van der Waals surface area contributed by atoms with Crippen LogP contribution in [0.2, 0.25) is 5.02 Å². The van der Waals surface area contributed by atoms with Crippen LogP contribution in [0.3, 0.4) is 0 Å². The highest BCUT2D eigenvalue weighted by Crippen LogP contribution is 2.34. The second kappa shape index (κ2) is 8.17. The van der Waals surface area contributed by atoms with Gasteiger partial charge in [-0.3, -0.25) is 4.79 Å². The van der Waals surface area contributed by atoms with Crippen molar-refractivity contribution in [2.75, 3.05) is 24.6 Å². The highest BCUT2D eigenvalue weighted by molar-refractivity contribution is 7.91. The summed E-state index contributed by atoms with van der Waals surface area (Å²) in [5.74, 6) is -1.07. The average Bonchev–Trinajstić information content (AvgIpc) is 2.90. The lowest BCUT2D eigenvalue weighted by atomic mass is 10.2. The summed E-state index contributed by atoms with van der Waals surface area (Å²) < 4.78 is 87.7. The molecule has 1 amide bonds. The Labute approximate surface area is 165 Å². The summed E-state index contributed by atoms with van der Waals surface area (Å²) in [4.78, 5) is 11.4. The van der Waals surface area contributed by atoms with Gasteiger partial charge >= 0.3 is 6.18 Å². The Hall–Kier alpha value is -1.37. The number of nitrogens with zero attached hydrogens (tertiary/aromatic N) is 1. The number of hydrogen-bond acceptors (Lipinski definition) is 5. The molecule has 1 aliphatic heterocycles. The van der Waals surface area contributed by atoms with Crippen LogP contribution in [0.4, 0.5) is 13.2 Å². The van der Waals surface area contributed by atoms with Crippen LogP contribution in [-0.2, 0) is 30.8 Å². The molecule has 0 spiro atoms. The van der Waals surface area contributed by atoms with Crippen molar-refractivity contribution in [3.8, 4) is 0 Å². The Kier molecular flexibility index (Phi) is 6.68. The minimum Gasteiger partial charge on any atom is -0.351 e. The minimum absolute atomic E-state index is 0.0758. The molecule has 0 saturated carbocycles. The maximum atomic E-state index is 12.9. The number of nitrogens with one attached hydrogen (secondary N) is 1. The van der Waals surface area contributed by atoms with Crippen molar-refractivity contribution in [3.63, 3.8) is 0 Å². The second-order valence-corrected chi connectivity index (χ2v) is 10.8. The zero-order valence-corrected chi connectivity index (χ0v) is 17.1. The zero-order valence-electron chi connectivity index (χ0n) is 14.7. The van der Waals surface area contributed by atoms with Gasteiger partial charge in [0.15, 0.2) is 9.84 Å². The monoisotopic (exact) mass is 462 g/mol. The van der Waals surface area contributed by atoms with Gasteiger partial charge in [-0.05, 0) is 24.6 Å². The first kappa shape index (κ1) is 22.9. The van der Waals surface area contributed by atoms with Gasteiger partial charge in [0, 0.05) is 12.6 Å². The first-order chi connectivity index (χ1) is 12.8. The third kappa shape index (κ3) is 5.37. The molecule has 2 rings (SSSR count). The fourth-order valence-corrected chi connectivity index (χ4v) is 6.30. The van der Waals surface area contributed by atoms with Crippen LogP contribution in [0.5, 0.6) is 0 Å². The van der Waals surface area contributed by atoms with Gasteiger partial charge in [-0.2, -0.15) is 17.5 Å². The third-order valence-electron chi connectivity index (χ3n) is 4.15. The molecule has 158 valence electrons. The maximum Gasteiger partial charge on any atom is 0.416 e. The Morgan fingerprint density at radius 3 is 2.50 bits per heavy atom. The van der Waals surface area contributed by atoms with Crippen molar-refractivity contribution >= 4 is 37.4 Å². The summed E-state index contributed by atoms with van der Waals surface area (Å²) in [5, 5.41) is 2.03. The number of alkyl halides is 3. The minimum atomic E-state index is -4.77. The lowest BCUT2D eigenvalue weighted by Crippen LogP contribution is -2.44. The summed E-state index contributed by atoms with van der Waals surface area (Å²) in [6.45, 7) is 0.527. The highest BCUT2D eigenvalue weighted by atomic mass is 35.5. The van der Waals surface area contributed by atoms with Gasteiger partial charge in [-0.15, -0.1) is 0 Å². The molecule has 0 radical (unpaired) electrons. The van der Waals surface area contributed by atoms with Crippen molar-refractivity contribution in [1.82, 2.24) is 9.62 Å². The summed E-state index contributed by atoms with van der Waals surface area (Å²) in [6, 6.07) is 1.28. The van der Waals surface area contributed by atoms with Crippen molar-refractivity contribution in [2.45, 2.75) is 30.5 Å². The van der Waals surface area contributed by atoms with Crippen LogP contribution >= 0.6 is 11.6 Å². The van der Waals surface area contributed by atoms with Gasteiger partial charge in [-0.25, -0.2) is 16.8 Å². The van der Waals surface area contributed by atoms with Crippen LogP contribution in [0.1, 0.15) is 18.9 Å². The molecule has 1 aromatic rings. The van der Waals surface area contributed by atoms with Crippen molar-refractivity contribution in [3.05, 3.63) is 28.8 Å². The number of likely N-dealkylation sites (N-methyl/N-ethyl adjacent to an activating group) is 1. The van der Waals surface area contributed by atoms with Gasteiger partial charge in [0.1, 0.15) is 4.90 Å². The van der Waals surface area contributed by atoms with Crippen molar-refractivity contribution in [1.29, 1.82) is 0 Å². The number of rotatable bonds is 6. The number of carbonyl (C=O) groups excluding carboxylic acids is 1. The fourth-order valence-electron chi connectivity index (χ4n) is 2.73. The number of benzene rings is 1. The van der Waals surface area contributed by atoms with Crippen LogP contribution in [0, 0.1) is 0 Å². The first-order valence-electron chi connectivity index (χ1n) is 8.13. The normalized spacial score (nSPS) is 19.7. The second-order valence-electron chi connectivity index (χ2n) is 6.24. The van der Waals surface area contributed by atoms with E-state index >= 15 is 0 Å². The van der Waals surface area contributed by atoms with E-state index in [2.05, 4.69) is 5.32 Å². The van der Waals surface area contributed by atoms with Crippen molar-refractivity contribution < 1.29 is 34.8 Å². The Morgan fingerprint density at radius 1 is 1.36 bits per heavy atom. The number of carbonyl (C=O) groups is 1. The number of hydrogen-bond donors (Lipinski definition) is 1. The predicted octanol–water partition coefficient (Wildman–Crippen LogP) is 1.67. The quantitative estimate of drug-likeness (QED) is 0.693. The Morgan fingerprint density at radius 2 is 2.00 bits per heavy atom. The van der Waals surface area contributed by atoms with E-state index < -0.39 is 60.0 Å². The van der Waals surface area contributed by atoms with Gasteiger partial charge in [0.25, 0.3) is 0 Å². The van der Waals surface area contributed by atoms with Gasteiger partial charge in [0.2, 0.25) is 15.9 Å². The summed E-state index contributed by atoms with van der Waals surface area (Å²) in [6.07, 6.45) is -4.55. The molecule has 1 fully saturated rings. The number of halogens is 4. The average molecular weight is 463 g/mol. The van der Waals surface area contributed by atoms with Crippen LogP contribution in [-0.4, -0.2) is 57.7 Å². The highest BCUT2D eigenvalue weighted by Gasteiger charge is 2.35. The molecule has 0 aliphatic carbocycles. The number of amides is 1. The molecule has 1 N–H and O–H groups in total. The molecule has 0 bridgehead atoms. The van der Waals surface area contributed by atoms with Gasteiger partial charge in [0.05, 0.1) is 28.6 Å². The van der Waals surface area contributed by atoms with Crippen molar-refractivity contribution in [2.24, 2.45) is 0 Å².